The Morgan fingerprint density at radius 3 is 2.79 bits per heavy atom. The number of methoxy groups -OCH3 is 2. The van der Waals surface area contributed by atoms with Crippen LogP contribution in [0.4, 0.5) is 5.69 Å². The maximum Gasteiger partial charge on any atom is 0.278 e. The van der Waals surface area contributed by atoms with Gasteiger partial charge in [-0.1, -0.05) is 23.7 Å². The number of anilines is 1. The van der Waals surface area contributed by atoms with E-state index in [2.05, 4.69) is 17.4 Å². The summed E-state index contributed by atoms with van der Waals surface area (Å²) in [6.07, 6.45) is 2.65. The Kier molecular flexibility index (Phi) is 4.66. The second kappa shape index (κ2) is 6.73. The van der Waals surface area contributed by atoms with Crippen molar-refractivity contribution in [3.05, 3.63) is 34.2 Å². The summed E-state index contributed by atoms with van der Waals surface area (Å²) in [5.41, 5.74) is 1.67. The molecule has 0 radical (unpaired) electrons. The zero-order valence-electron chi connectivity index (χ0n) is 13.8. The molecule has 1 amide bonds. The van der Waals surface area contributed by atoms with Gasteiger partial charge in [0, 0.05) is 18.1 Å². The zero-order valence-corrected chi connectivity index (χ0v) is 14.6. The topological polar surface area (TPSA) is 73.6 Å². The minimum Gasteiger partial charge on any atom is -0.495 e. The minimum atomic E-state index is -0.339. The van der Waals surface area contributed by atoms with E-state index >= 15 is 0 Å². The predicted molar refractivity (Wildman–Crippen MR) is 90.2 cm³/mol. The van der Waals surface area contributed by atoms with Crippen LogP contribution in [0.2, 0.25) is 5.02 Å². The summed E-state index contributed by atoms with van der Waals surface area (Å²) < 4.78 is 15.8. The summed E-state index contributed by atoms with van der Waals surface area (Å²) >= 11 is 6.14. The molecule has 1 aromatic heterocycles. The van der Waals surface area contributed by atoms with E-state index in [1.807, 2.05) is 0 Å². The Morgan fingerprint density at radius 1 is 1.33 bits per heavy atom. The Labute approximate surface area is 145 Å². The number of aromatic nitrogens is 1. The van der Waals surface area contributed by atoms with Crippen LogP contribution < -0.4 is 14.8 Å². The van der Waals surface area contributed by atoms with E-state index in [0.29, 0.717) is 33.8 Å². The Balaban J connectivity index is 1.88. The first-order valence-electron chi connectivity index (χ1n) is 7.73. The molecular formula is C17H19ClN2O4. The largest absolute Gasteiger partial charge is 0.495 e. The molecule has 1 heterocycles. The van der Waals surface area contributed by atoms with Crippen LogP contribution in [0.3, 0.4) is 0 Å². The molecule has 128 valence electrons. The Hall–Kier alpha value is -2.21. The summed E-state index contributed by atoms with van der Waals surface area (Å²) in [4.78, 5) is 12.6. The van der Waals surface area contributed by atoms with Crippen molar-refractivity contribution in [1.82, 2.24) is 5.16 Å². The van der Waals surface area contributed by atoms with Gasteiger partial charge in [0.2, 0.25) is 0 Å². The molecule has 6 nitrogen and oxygen atoms in total. The smallest absolute Gasteiger partial charge is 0.278 e. The first-order valence-corrected chi connectivity index (χ1v) is 8.11. The highest BCUT2D eigenvalue weighted by Crippen LogP contribution is 2.36. The molecule has 1 atom stereocenters. The van der Waals surface area contributed by atoms with Crippen molar-refractivity contribution in [2.75, 3.05) is 19.5 Å². The van der Waals surface area contributed by atoms with Crippen LogP contribution in [0.25, 0.3) is 0 Å². The van der Waals surface area contributed by atoms with Crippen LogP contribution in [0.5, 0.6) is 11.5 Å². The number of nitrogens with zero attached hydrogens (tertiary/aromatic N) is 1. The molecule has 1 aliphatic carbocycles. The molecule has 0 unspecified atom stereocenters. The van der Waals surface area contributed by atoms with Crippen LogP contribution >= 0.6 is 11.6 Å². The molecule has 0 saturated carbocycles. The second-order valence-corrected chi connectivity index (χ2v) is 6.33. The lowest BCUT2D eigenvalue weighted by atomic mass is 9.88. The van der Waals surface area contributed by atoms with Gasteiger partial charge in [-0.3, -0.25) is 4.79 Å². The van der Waals surface area contributed by atoms with E-state index in [-0.39, 0.29) is 5.91 Å². The highest BCUT2D eigenvalue weighted by molar-refractivity contribution is 6.32. The van der Waals surface area contributed by atoms with Gasteiger partial charge in [0.05, 0.1) is 24.9 Å². The van der Waals surface area contributed by atoms with Gasteiger partial charge in [-0.15, -0.1) is 0 Å². The lowest BCUT2D eigenvalue weighted by Gasteiger charge is -2.17. The molecule has 24 heavy (non-hydrogen) atoms. The van der Waals surface area contributed by atoms with Crippen molar-refractivity contribution in [2.45, 2.75) is 26.2 Å². The first kappa shape index (κ1) is 16.6. The number of hydrogen-bond acceptors (Lipinski definition) is 5. The van der Waals surface area contributed by atoms with Gasteiger partial charge in [-0.2, -0.15) is 0 Å². The van der Waals surface area contributed by atoms with Crippen molar-refractivity contribution < 1.29 is 18.8 Å². The van der Waals surface area contributed by atoms with Gasteiger partial charge in [-0.05, 0) is 24.8 Å². The SMILES string of the molecule is COc1cc(OC)c(NC(=O)c2noc3c2C[C@H](C)CC3)cc1Cl. The molecule has 0 bridgehead atoms. The van der Waals surface area contributed by atoms with E-state index in [9.17, 15) is 4.79 Å². The molecule has 0 aliphatic heterocycles. The monoisotopic (exact) mass is 350 g/mol. The summed E-state index contributed by atoms with van der Waals surface area (Å²) in [6, 6.07) is 3.21. The average molecular weight is 351 g/mol. The van der Waals surface area contributed by atoms with E-state index in [0.717, 1.165) is 30.6 Å². The molecule has 0 saturated heterocycles. The fraction of sp³-hybridized carbons (Fsp3) is 0.412. The van der Waals surface area contributed by atoms with Gasteiger partial charge in [0.1, 0.15) is 17.3 Å². The number of carbonyl (C=O) groups excluding carboxylic acids is 1. The third-order valence-corrected chi connectivity index (χ3v) is 4.52. The van der Waals surface area contributed by atoms with E-state index < -0.39 is 0 Å². The lowest BCUT2D eigenvalue weighted by molar-refractivity contribution is 0.101. The molecule has 1 N–H and O–H groups in total. The van der Waals surface area contributed by atoms with Crippen molar-refractivity contribution >= 4 is 23.2 Å². The molecule has 7 heteroatoms. The van der Waals surface area contributed by atoms with Crippen LogP contribution in [-0.2, 0) is 12.8 Å². The molecule has 3 rings (SSSR count). The summed E-state index contributed by atoms with van der Waals surface area (Å²) in [7, 11) is 3.03. The van der Waals surface area contributed by atoms with Crippen LogP contribution in [0.1, 0.15) is 35.2 Å². The van der Waals surface area contributed by atoms with Crippen molar-refractivity contribution in [1.29, 1.82) is 0 Å². The number of fused-ring (bicyclic) bond motifs is 1. The van der Waals surface area contributed by atoms with Crippen LogP contribution in [0, 0.1) is 5.92 Å². The normalized spacial score (nSPS) is 16.4. The van der Waals surface area contributed by atoms with Gasteiger partial charge in [0.25, 0.3) is 5.91 Å². The summed E-state index contributed by atoms with van der Waals surface area (Å²) in [5, 5.41) is 7.13. The highest BCUT2D eigenvalue weighted by atomic mass is 35.5. The van der Waals surface area contributed by atoms with Gasteiger partial charge in [0.15, 0.2) is 5.69 Å². The second-order valence-electron chi connectivity index (χ2n) is 5.92. The van der Waals surface area contributed by atoms with Gasteiger partial charge < -0.3 is 19.3 Å². The van der Waals surface area contributed by atoms with Crippen molar-refractivity contribution in [3.8, 4) is 11.5 Å². The third-order valence-electron chi connectivity index (χ3n) is 4.22. The number of carbonyl (C=O) groups is 1. The first-order chi connectivity index (χ1) is 11.5. The molecule has 1 aliphatic rings. The van der Waals surface area contributed by atoms with E-state index in [4.69, 9.17) is 25.6 Å². The molecule has 1 aromatic carbocycles. The number of nitrogens with one attached hydrogen (secondary N) is 1. The lowest BCUT2D eigenvalue weighted by Crippen LogP contribution is -2.18. The minimum absolute atomic E-state index is 0.325. The predicted octanol–water partition coefficient (Wildman–Crippen LogP) is 3.72. The molecule has 2 aromatic rings. The number of rotatable bonds is 4. The van der Waals surface area contributed by atoms with Crippen LogP contribution in [0.15, 0.2) is 16.7 Å². The zero-order chi connectivity index (χ0) is 17.3. The average Bonchev–Trinajstić information content (AvgIpc) is 2.98. The number of amides is 1. The van der Waals surface area contributed by atoms with Gasteiger partial charge >= 0.3 is 0 Å². The summed E-state index contributed by atoms with van der Waals surface area (Å²) in [6.45, 7) is 2.16. The van der Waals surface area contributed by atoms with E-state index in [1.165, 1.54) is 14.2 Å². The number of benzene rings is 1. The quantitative estimate of drug-likeness (QED) is 0.909. The molecular weight excluding hydrogens is 332 g/mol. The fourth-order valence-corrected chi connectivity index (χ4v) is 3.14. The Bertz CT molecular complexity index is 772. The van der Waals surface area contributed by atoms with E-state index in [1.54, 1.807) is 12.1 Å². The van der Waals surface area contributed by atoms with Crippen molar-refractivity contribution in [2.24, 2.45) is 5.92 Å². The Morgan fingerprint density at radius 2 is 2.08 bits per heavy atom. The standard InChI is InChI=1S/C17H19ClN2O4/c1-9-4-5-13-10(6-9)16(20-24-13)17(21)19-12-7-11(18)14(22-2)8-15(12)23-3/h7-9H,4-6H2,1-3H3,(H,19,21)/t9-/m1/s1. The maximum absolute atomic E-state index is 12.6. The highest BCUT2D eigenvalue weighted by Gasteiger charge is 2.27. The number of ether oxygens (including phenoxy) is 2. The molecule has 0 spiro atoms. The molecule has 0 fully saturated rings. The van der Waals surface area contributed by atoms with Crippen LogP contribution in [-0.4, -0.2) is 25.3 Å². The number of halogens is 1. The van der Waals surface area contributed by atoms with Crippen molar-refractivity contribution in [3.63, 3.8) is 0 Å². The number of hydrogen-bond donors (Lipinski definition) is 1. The summed E-state index contributed by atoms with van der Waals surface area (Å²) in [5.74, 6) is 1.90. The number of aryl methyl sites for hydroxylation is 1. The fourth-order valence-electron chi connectivity index (χ4n) is 2.90. The van der Waals surface area contributed by atoms with Gasteiger partial charge in [-0.25, -0.2) is 0 Å². The maximum atomic E-state index is 12.6. The third kappa shape index (κ3) is 3.06.